The highest BCUT2D eigenvalue weighted by Crippen LogP contribution is 2.30. The second kappa shape index (κ2) is 10.2. The third-order valence-corrected chi connectivity index (χ3v) is 6.04. The normalized spacial score (nSPS) is 12.8. The van der Waals surface area contributed by atoms with Gasteiger partial charge in [-0.1, -0.05) is 35.3 Å². The van der Waals surface area contributed by atoms with Gasteiger partial charge in [-0.3, -0.25) is 9.79 Å². The molecule has 1 heterocycles. The minimum absolute atomic E-state index is 0.222. The third kappa shape index (κ3) is 5.83. The highest BCUT2D eigenvalue weighted by atomic mass is 35.5. The average molecular weight is 485 g/mol. The molecule has 33 heavy (non-hydrogen) atoms. The van der Waals surface area contributed by atoms with Gasteiger partial charge in [0.2, 0.25) is 0 Å². The van der Waals surface area contributed by atoms with Crippen LogP contribution < -0.4 is 16.0 Å². The van der Waals surface area contributed by atoms with E-state index in [-0.39, 0.29) is 10.9 Å². The number of amides is 1. The molecule has 1 amide bonds. The molecule has 5 nitrogen and oxygen atoms in total. The van der Waals surface area contributed by atoms with Crippen LogP contribution in [0, 0.1) is 12.7 Å². The molecule has 1 aliphatic heterocycles. The van der Waals surface area contributed by atoms with Gasteiger partial charge in [0.05, 0.1) is 11.6 Å². The van der Waals surface area contributed by atoms with Crippen LogP contribution in [0.15, 0.2) is 59.6 Å². The fourth-order valence-electron chi connectivity index (χ4n) is 3.61. The molecule has 0 fully saturated rings. The Morgan fingerprint density at radius 2 is 1.88 bits per heavy atom. The van der Waals surface area contributed by atoms with E-state index < -0.39 is 5.82 Å². The summed E-state index contributed by atoms with van der Waals surface area (Å²) in [5.74, 6) is 0.0905. The standard InChI is InChI=1S/C25H23Cl2FN4O/c1-15-8-16(2-5-22(15)26)13-31-24(33)19-10-17(14-32-25-29-6-7-30-25)9-18(11-19)21-4-3-20(28)12-23(21)27/h2-5,8-12H,6-7,13-14H2,1H3,(H,31,33)(H2,29,30,32). The van der Waals surface area contributed by atoms with Crippen LogP contribution >= 0.6 is 23.2 Å². The Bertz CT molecular complexity index is 1230. The van der Waals surface area contributed by atoms with E-state index in [9.17, 15) is 9.18 Å². The van der Waals surface area contributed by atoms with E-state index in [1.807, 2.05) is 37.3 Å². The highest BCUT2D eigenvalue weighted by molar-refractivity contribution is 6.33. The Hall–Kier alpha value is -3.09. The lowest BCUT2D eigenvalue weighted by atomic mass is 9.99. The van der Waals surface area contributed by atoms with Crippen LogP contribution in [0.4, 0.5) is 4.39 Å². The number of rotatable bonds is 6. The fourth-order valence-corrected chi connectivity index (χ4v) is 4.00. The molecule has 1 aliphatic rings. The number of carbonyl (C=O) groups is 1. The van der Waals surface area contributed by atoms with Gasteiger partial charge >= 0.3 is 0 Å². The Morgan fingerprint density at radius 1 is 1.03 bits per heavy atom. The lowest BCUT2D eigenvalue weighted by molar-refractivity contribution is 0.0951. The maximum atomic E-state index is 13.6. The lowest BCUT2D eigenvalue weighted by Gasteiger charge is -2.13. The summed E-state index contributed by atoms with van der Waals surface area (Å²) in [6, 6.07) is 15.4. The van der Waals surface area contributed by atoms with E-state index in [4.69, 9.17) is 23.2 Å². The van der Waals surface area contributed by atoms with Gasteiger partial charge in [0.1, 0.15) is 5.82 Å². The molecule has 4 rings (SSSR count). The van der Waals surface area contributed by atoms with Crippen LogP contribution in [-0.4, -0.2) is 25.0 Å². The maximum Gasteiger partial charge on any atom is 0.251 e. The van der Waals surface area contributed by atoms with E-state index in [2.05, 4.69) is 20.9 Å². The van der Waals surface area contributed by atoms with E-state index in [0.717, 1.165) is 41.3 Å². The first-order valence-corrected chi connectivity index (χ1v) is 11.3. The van der Waals surface area contributed by atoms with Crippen molar-refractivity contribution in [3.05, 3.63) is 92.7 Å². The van der Waals surface area contributed by atoms with Gasteiger partial charge in [0.15, 0.2) is 5.96 Å². The largest absolute Gasteiger partial charge is 0.355 e. The predicted molar refractivity (Wildman–Crippen MR) is 131 cm³/mol. The summed E-state index contributed by atoms with van der Waals surface area (Å²) in [5, 5.41) is 10.3. The van der Waals surface area contributed by atoms with Crippen LogP contribution in [0.25, 0.3) is 11.1 Å². The Labute approximate surface area is 202 Å². The zero-order valence-corrected chi connectivity index (χ0v) is 19.5. The molecule has 0 atom stereocenters. The third-order valence-electron chi connectivity index (χ3n) is 5.31. The fraction of sp³-hybridized carbons (Fsp3) is 0.200. The lowest BCUT2D eigenvalue weighted by Crippen LogP contribution is -2.33. The number of halogens is 3. The van der Waals surface area contributed by atoms with E-state index >= 15 is 0 Å². The predicted octanol–water partition coefficient (Wildman–Crippen LogP) is 5.09. The molecule has 170 valence electrons. The van der Waals surface area contributed by atoms with Crippen molar-refractivity contribution in [2.24, 2.45) is 4.99 Å². The molecule has 0 aromatic heterocycles. The molecule has 0 saturated carbocycles. The Morgan fingerprint density at radius 3 is 2.61 bits per heavy atom. The van der Waals surface area contributed by atoms with Gasteiger partial charge in [0, 0.05) is 35.8 Å². The van der Waals surface area contributed by atoms with Crippen LogP contribution in [0.3, 0.4) is 0 Å². The number of benzene rings is 3. The van der Waals surface area contributed by atoms with Crippen molar-refractivity contribution in [2.75, 3.05) is 13.1 Å². The molecule has 0 unspecified atom stereocenters. The monoisotopic (exact) mass is 484 g/mol. The first-order chi connectivity index (χ1) is 15.9. The number of hydrogen-bond acceptors (Lipinski definition) is 4. The SMILES string of the molecule is Cc1cc(CNC(=O)c2cc(CNC3=NCCN3)cc(-c3ccc(F)cc3Cl)c2)ccc1Cl. The van der Waals surface area contributed by atoms with Crippen molar-refractivity contribution >= 4 is 35.1 Å². The topological polar surface area (TPSA) is 65.5 Å². The molecule has 3 N–H and O–H groups in total. The molecular formula is C25H23Cl2FN4O. The molecule has 0 spiro atoms. The smallest absolute Gasteiger partial charge is 0.251 e. The summed E-state index contributed by atoms with van der Waals surface area (Å²) in [6.45, 7) is 4.28. The van der Waals surface area contributed by atoms with Crippen LogP contribution in [0.5, 0.6) is 0 Å². The van der Waals surface area contributed by atoms with Crippen molar-refractivity contribution in [3.63, 3.8) is 0 Å². The number of aliphatic imine (C=N–C) groups is 1. The summed E-state index contributed by atoms with van der Waals surface area (Å²) in [6.07, 6.45) is 0. The van der Waals surface area contributed by atoms with Gasteiger partial charge < -0.3 is 16.0 Å². The Kier molecular flexibility index (Phi) is 7.16. The maximum absolute atomic E-state index is 13.6. The van der Waals surface area contributed by atoms with Gasteiger partial charge in [-0.2, -0.15) is 0 Å². The molecule has 0 aliphatic carbocycles. The Balaban J connectivity index is 1.59. The number of hydrogen-bond donors (Lipinski definition) is 3. The van der Waals surface area contributed by atoms with Crippen LogP contribution in [-0.2, 0) is 13.1 Å². The summed E-state index contributed by atoms with van der Waals surface area (Å²) in [7, 11) is 0. The molecule has 0 bridgehead atoms. The van der Waals surface area contributed by atoms with Gasteiger partial charge in [-0.25, -0.2) is 4.39 Å². The van der Waals surface area contributed by atoms with Gasteiger partial charge in [-0.05, 0) is 71.6 Å². The minimum atomic E-state index is -0.414. The first-order valence-electron chi connectivity index (χ1n) is 10.5. The highest BCUT2D eigenvalue weighted by Gasteiger charge is 2.13. The zero-order chi connectivity index (χ0) is 23.4. The first kappa shape index (κ1) is 23.1. The van der Waals surface area contributed by atoms with Crippen LogP contribution in [0.2, 0.25) is 10.0 Å². The summed E-state index contributed by atoms with van der Waals surface area (Å²) < 4.78 is 13.6. The van der Waals surface area contributed by atoms with Gasteiger partial charge in [-0.15, -0.1) is 0 Å². The van der Waals surface area contributed by atoms with Crippen molar-refractivity contribution in [3.8, 4) is 11.1 Å². The average Bonchev–Trinajstić information content (AvgIpc) is 3.32. The van der Waals surface area contributed by atoms with Crippen molar-refractivity contribution in [2.45, 2.75) is 20.0 Å². The van der Waals surface area contributed by atoms with E-state index in [0.29, 0.717) is 29.2 Å². The number of aryl methyl sites for hydroxylation is 1. The van der Waals surface area contributed by atoms with Gasteiger partial charge in [0.25, 0.3) is 5.91 Å². The number of guanidine groups is 1. The molecule has 3 aromatic rings. The number of nitrogens with one attached hydrogen (secondary N) is 3. The second-order valence-electron chi connectivity index (χ2n) is 7.82. The summed E-state index contributed by atoms with van der Waals surface area (Å²) in [4.78, 5) is 17.4. The second-order valence-corrected chi connectivity index (χ2v) is 8.63. The van der Waals surface area contributed by atoms with E-state index in [1.54, 1.807) is 12.1 Å². The quantitative estimate of drug-likeness (QED) is 0.456. The van der Waals surface area contributed by atoms with Crippen LogP contribution in [0.1, 0.15) is 27.0 Å². The zero-order valence-electron chi connectivity index (χ0n) is 18.0. The molecule has 0 radical (unpaired) electrons. The summed E-state index contributed by atoms with van der Waals surface area (Å²) >= 11 is 12.4. The minimum Gasteiger partial charge on any atom is -0.355 e. The van der Waals surface area contributed by atoms with Crippen molar-refractivity contribution in [1.29, 1.82) is 0 Å². The van der Waals surface area contributed by atoms with Crippen molar-refractivity contribution < 1.29 is 9.18 Å². The van der Waals surface area contributed by atoms with E-state index in [1.165, 1.54) is 12.1 Å². The van der Waals surface area contributed by atoms with Crippen molar-refractivity contribution in [1.82, 2.24) is 16.0 Å². The molecule has 8 heteroatoms. The molecule has 0 saturated heterocycles. The molecular weight excluding hydrogens is 462 g/mol. The number of carbonyl (C=O) groups excluding carboxylic acids is 1. The summed E-state index contributed by atoms with van der Waals surface area (Å²) in [5.41, 5.74) is 4.64. The number of nitrogens with zero attached hydrogens (tertiary/aromatic N) is 1. The molecule has 3 aromatic carbocycles.